The van der Waals surface area contributed by atoms with Crippen LogP contribution >= 0.6 is 11.6 Å². The fourth-order valence-electron chi connectivity index (χ4n) is 4.32. The van der Waals surface area contributed by atoms with Gasteiger partial charge >= 0.3 is 5.97 Å². The normalized spacial score (nSPS) is 14.6. The number of rotatable bonds is 7. The minimum atomic E-state index is -2.74. The molecule has 1 aromatic heterocycles. The second kappa shape index (κ2) is 11.2. The third-order valence-electron chi connectivity index (χ3n) is 6.44. The Kier molecular flexibility index (Phi) is 7.69. The molecule has 0 amide bonds. The van der Waals surface area contributed by atoms with Gasteiger partial charge in [-0.3, -0.25) is 4.79 Å². The Morgan fingerprint density at radius 1 is 1.05 bits per heavy atom. The number of esters is 1. The maximum atomic E-state index is 13.7. The number of fused-ring (bicyclic) bond motifs is 1. The molecule has 0 unspecified atom stereocenters. The zero-order chi connectivity index (χ0) is 27.6. The van der Waals surface area contributed by atoms with Crippen LogP contribution in [0.25, 0.3) is 10.8 Å². The van der Waals surface area contributed by atoms with Crippen molar-refractivity contribution in [1.29, 1.82) is 0 Å². The van der Waals surface area contributed by atoms with Crippen LogP contribution in [0.4, 0.5) is 5.69 Å². The standard InChI is InChI=1S/C28H26ClN3O6S/c1-32-27(38-17-18-7-8-19-5-3-4-6-20(19)15-18)23(16-30-32)26(33)21-9-10-22(28(34)36-2)25(24(21)29)31-39(35)13-11-37-12-14-39/h3-10,15-16H,11-14,17H2,1-2H3. The van der Waals surface area contributed by atoms with Gasteiger partial charge in [-0.1, -0.05) is 48.0 Å². The molecule has 39 heavy (non-hydrogen) atoms. The maximum Gasteiger partial charge on any atom is 0.340 e. The first-order valence-electron chi connectivity index (χ1n) is 12.2. The molecule has 1 aliphatic rings. The number of carbonyl (C=O) groups is 2. The Hall–Kier alpha value is -3.73. The predicted molar refractivity (Wildman–Crippen MR) is 148 cm³/mol. The summed E-state index contributed by atoms with van der Waals surface area (Å²) < 4.78 is 35.4. The van der Waals surface area contributed by atoms with Crippen LogP contribution in [0.1, 0.15) is 31.8 Å². The van der Waals surface area contributed by atoms with Crippen molar-refractivity contribution < 1.29 is 28.0 Å². The highest BCUT2D eigenvalue weighted by atomic mass is 35.5. The number of halogens is 1. The van der Waals surface area contributed by atoms with Gasteiger partial charge in [0.25, 0.3) is 0 Å². The number of aryl methyl sites for hydroxylation is 1. The summed E-state index contributed by atoms with van der Waals surface area (Å²) in [7, 11) is 0.155. The first-order valence-corrected chi connectivity index (χ1v) is 14.4. The minimum Gasteiger partial charge on any atom is -0.472 e. The van der Waals surface area contributed by atoms with Crippen LogP contribution in [-0.4, -0.2) is 57.6 Å². The third-order valence-corrected chi connectivity index (χ3v) is 8.94. The van der Waals surface area contributed by atoms with Gasteiger partial charge in [0.05, 0.1) is 58.3 Å². The van der Waals surface area contributed by atoms with Crippen LogP contribution in [0, 0.1) is 0 Å². The molecule has 202 valence electrons. The van der Waals surface area contributed by atoms with E-state index in [1.165, 1.54) is 30.1 Å². The van der Waals surface area contributed by atoms with E-state index in [4.69, 9.17) is 25.8 Å². The topological polar surface area (TPSA) is 109 Å². The van der Waals surface area contributed by atoms with Crippen LogP contribution < -0.4 is 4.74 Å². The summed E-state index contributed by atoms with van der Waals surface area (Å²) in [6, 6.07) is 16.8. The molecule has 0 spiro atoms. The van der Waals surface area contributed by atoms with Crippen LogP contribution in [0.3, 0.4) is 0 Å². The molecule has 9 nitrogen and oxygen atoms in total. The molecule has 0 saturated carbocycles. The van der Waals surface area contributed by atoms with Gasteiger partial charge in [-0.25, -0.2) is 13.7 Å². The van der Waals surface area contributed by atoms with Gasteiger partial charge in [0, 0.05) is 12.6 Å². The molecule has 2 heterocycles. The molecular formula is C28H26ClN3O6S. The first-order chi connectivity index (χ1) is 18.8. The van der Waals surface area contributed by atoms with Gasteiger partial charge in [-0.2, -0.15) is 9.46 Å². The number of ether oxygens (including phenoxy) is 3. The summed E-state index contributed by atoms with van der Waals surface area (Å²) in [5.41, 5.74) is 1.17. The van der Waals surface area contributed by atoms with Gasteiger partial charge in [-0.15, -0.1) is 0 Å². The van der Waals surface area contributed by atoms with Crippen LogP contribution in [0.5, 0.6) is 5.88 Å². The zero-order valence-electron chi connectivity index (χ0n) is 21.4. The van der Waals surface area contributed by atoms with E-state index in [-0.39, 0.29) is 64.6 Å². The molecule has 0 bridgehead atoms. The summed E-state index contributed by atoms with van der Waals surface area (Å²) in [4.78, 5) is 26.2. The lowest BCUT2D eigenvalue weighted by Crippen LogP contribution is -2.25. The lowest BCUT2D eigenvalue weighted by Gasteiger charge is -2.18. The molecule has 0 N–H and O–H groups in total. The highest BCUT2D eigenvalue weighted by Gasteiger charge is 2.27. The Labute approximate surface area is 230 Å². The zero-order valence-corrected chi connectivity index (χ0v) is 23.0. The summed E-state index contributed by atoms with van der Waals surface area (Å²) >= 11 is 6.68. The van der Waals surface area contributed by atoms with Crippen molar-refractivity contribution in [2.24, 2.45) is 11.4 Å². The molecule has 3 aromatic carbocycles. The average Bonchev–Trinajstić information content (AvgIpc) is 3.32. The molecule has 11 heteroatoms. The molecule has 0 radical (unpaired) electrons. The fourth-order valence-corrected chi connectivity index (χ4v) is 6.33. The molecule has 1 aliphatic heterocycles. The van der Waals surface area contributed by atoms with Crippen molar-refractivity contribution in [1.82, 2.24) is 9.78 Å². The van der Waals surface area contributed by atoms with Gasteiger partial charge in [0.15, 0.2) is 0 Å². The van der Waals surface area contributed by atoms with Crippen molar-refractivity contribution >= 4 is 49.5 Å². The Morgan fingerprint density at radius 3 is 2.51 bits per heavy atom. The van der Waals surface area contributed by atoms with E-state index in [9.17, 15) is 13.8 Å². The largest absolute Gasteiger partial charge is 0.472 e. The minimum absolute atomic E-state index is 0.0206. The van der Waals surface area contributed by atoms with Crippen molar-refractivity contribution in [3.8, 4) is 5.88 Å². The number of aromatic nitrogens is 2. The van der Waals surface area contributed by atoms with E-state index in [0.29, 0.717) is 0 Å². The summed E-state index contributed by atoms with van der Waals surface area (Å²) in [6.45, 7) is 0.768. The van der Waals surface area contributed by atoms with E-state index in [1.54, 1.807) is 7.05 Å². The van der Waals surface area contributed by atoms with Gasteiger partial charge in [0.1, 0.15) is 17.9 Å². The maximum absolute atomic E-state index is 13.7. The number of carbonyl (C=O) groups excluding carboxylic acids is 2. The quantitative estimate of drug-likeness (QED) is 0.229. The third kappa shape index (κ3) is 5.54. The molecule has 1 saturated heterocycles. The SMILES string of the molecule is COC(=O)c1ccc(C(=O)c2cnn(C)c2OCc2ccc3ccccc3c2)c(Cl)c1N=S1(=O)CCOCC1. The van der Waals surface area contributed by atoms with Crippen molar-refractivity contribution in [2.45, 2.75) is 6.61 Å². The number of benzene rings is 3. The number of ketones is 1. The number of methoxy groups -OCH3 is 1. The Bertz CT molecular complexity index is 1690. The summed E-state index contributed by atoms with van der Waals surface area (Å²) in [5, 5.41) is 6.31. The summed E-state index contributed by atoms with van der Waals surface area (Å²) in [6.07, 6.45) is 1.40. The molecular weight excluding hydrogens is 542 g/mol. The summed E-state index contributed by atoms with van der Waals surface area (Å²) in [5.74, 6) is -0.536. The Morgan fingerprint density at radius 2 is 1.77 bits per heavy atom. The van der Waals surface area contributed by atoms with Crippen molar-refractivity contribution in [3.05, 3.63) is 88.1 Å². The second-order valence-electron chi connectivity index (χ2n) is 8.99. The smallest absolute Gasteiger partial charge is 0.340 e. The lowest BCUT2D eigenvalue weighted by molar-refractivity contribution is 0.0601. The van der Waals surface area contributed by atoms with Gasteiger partial charge in [-0.05, 0) is 34.5 Å². The number of hydrogen-bond acceptors (Lipinski definition) is 8. The lowest BCUT2D eigenvalue weighted by atomic mass is 10.0. The molecule has 5 rings (SSSR count). The first kappa shape index (κ1) is 26.9. The van der Waals surface area contributed by atoms with Crippen LogP contribution in [0.15, 0.2) is 65.2 Å². The molecule has 1 fully saturated rings. The predicted octanol–water partition coefficient (Wildman–Crippen LogP) is 4.95. The van der Waals surface area contributed by atoms with E-state index in [0.717, 1.165) is 16.3 Å². The number of nitrogens with zero attached hydrogens (tertiary/aromatic N) is 3. The van der Waals surface area contributed by atoms with E-state index in [2.05, 4.69) is 9.46 Å². The van der Waals surface area contributed by atoms with E-state index in [1.807, 2.05) is 42.5 Å². The number of hydrogen-bond donors (Lipinski definition) is 0. The molecule has 0 atom stereocenters. The van der Waals surface area contributed by atoms with Crippen molar-refractivity contribution in [2.75, 3.05) is 31.8 Å². The van der Waals surface area contributed by atoms with Crippen molar-refractivity contribution in [3.63, 3.8) is 0 Å². The second-order valence-corrected chi connectivity index (χ2v) is 11.9. The monoisotopic (exact) mass is 567 g/mol. The van der Waals surface area contributed by atoms with Gasteiger partial charge < -0.3 is 14.2 Å². The van der Waals surface area contributed by atoms with Crippen LogP contribution in [-0.2, 0) is 32.9 Å². The highest BCUT2D eigenvalue weighted by molar-refractivity contribution is 7.93. The van der Waals surface area contributed by atoms with E-state index < -0.39 is 21.5 Å². The van der Waals surface area contributed by atoms with Crippen LogP contribution in [0.2, 0.25) is 5.02 Å². The average molecular weight is 568 g/mol. The van der Waals surface area contributed by atoms with Gasteiger partial charge in [0.2, 0.25) is 11.7 Å². The fraction of sp³-hybridized carbons (Fsp3) is 0.250. The highest BCUT2D eigenvalue weighted by Crippen LogP contribution is 2.37. The Balaban J connectivity index is 1.49. The molecule has 0 aliphatic carbocycles. The molecule has 4 aromatic rings. The van der Waals surface area contributed by atoms with E-state index >= 15 is 0 Å².